The number of carbonyl (C=O) groups is 2. The highest BCUT2D eigenvalue weighted by Crippen LogP contribution is 2.27. The minimum Gasteiger partial charge on any atom is -0.480 e. The Morgan fingerprint density at radius 1 is 1.41 bits per heavy atom. The van der Waals surface area contributed by atoms with Gasteiger partial charge in [0.05, 0.1) is 0 Å². The number of carboxylic acids is 1. The Labute approximate surface area is 110 Å². The molecule has 17 heavy (non-hydrogen) atoms. The van der Waals surface area contributed by atoms with E-state index in [9.17, 15) is 9.59 Å². The third-order valence-corrected chi connectivity index (χ3v) is 3.33. The molecule has 0 bridgehead atoms. The molecule has 4 nitrogen and oxygen atoms in total. The van der Waals surface area contributed by atoms with Crippen molar-refractivity contribution in [1.29, 1.82) is 0 Å². The molecule has 0 saturated heterocycles. The number of aliphatic carboxylic acids is 1. The van der Waals surface area contributed by atoms with Crippen LogP contribution in [-0.4, -0.2) is 23.0 Å². The summed E-state index contributed by atoms with van der Waals surface area (Å²) in [5, 5.41) is 11.5. The number of carbonyl (C=O) groups excluding carboxylic acids is 1. The predicted molar refractivity (Wildman–Crippen MR) is 68.8 cm³/mol. The van der Waals surface area contributed by atoms with Crippen molar-refractivity contribution in [2.24, 2.45) is 5.92 Å². The van der Waals surface area contributed by atoms with Gasteiger partial charge in [0, 0.05) is 12.8 Å². The summed E-state index contributed by atoms with van der Waals surface area (Å²) in [6, 6.07) is -0.879. The zero-order valence-corrected chi connectivity index (χ0v) is 11.3. The number of hydrogen-bond acceptors (Lipinski definition) is 2. The van der Waals surface area contributed by atoms with E-state index in [4.69, 9.17) is 5.11 Å². The maximum Gasteiger partial charge on any atom is 0.326 e. The van der Waals surface area contributed by atoms with Crippen molar-refractivity contribution in [1.82, 2.24) is 5.32 Å². The summed E-state index contributed by atoms with van der Waals surface area (Å²) in [7, 11) is 0. The number of amides is 1. The Kier molecular flexibility index (Phi) is 5.68. The van der Waals surface area contributed by atoms with Crippen molar-refractivity contribution in [3.05, 3.63) is 11.1 Å². The van der Waals surface area contributed by atoms with Crippen LogP contribution in [0.4, 0.5) is 0 Å². The molecule has 1 saturated carbocycles. The van der Waals surface area contributed by atoms with Crippen LogP contribution in [-0.2, 0) is 9.59 Å². The zero-order chi connectivity index (χ0) is 12.8. The van der Waals surface area contributed by atoms with E-state index in [-0.39, 0.29) is 12.3 Å². The van der Waals surface area contributed by atoms with E-state index in [1.807, 2.05) is 0 Å². The first-order valence-corrected chi connectivity index (χ1v) is 6.63. The summed E-state index contributed by atoms with van der Waals surface area (Å²) in [5.41, 5.74) is 0. The van der Waals surface area contributed by atoms with Gasteiger partial charge in [0.2, 0.25) is 5.91 Å². The molecule has 1 rings (SSSR count). The molecule has 5 heteroatoms. The minimum absolute atomic E-state index is 0.168. The van der Waals surface area contributed by atoms with E-state index < -0.39 is 12.0 Å². The molecule has 0 aromatic rings. The Morgan fingerprint density at radius 3 is 2.47 bits per heavy atom. The van der Waals surface area contributed by atoms with Crippen LogP contribution in [0.2, 0.25) is 0 Å². The highest BCUT2D eigenvalue weighted by molar-refractivity contribution is 9.11. The van der Waals surface area contributed by atoms with Crippen LogP contribution in [0.25, 0.3) is 0 Å². The van der Waals surface area contributed by atoms with Gasteiger partial charge < -0.3 is 10.4 Å². The Bertz CT molecular complexity index is 311. The molecule has 1 aliphatic rings. The third kappa shape index (κ3) is 5.35. The smallest absolute Gasteiger partial charge is 0.326 e. The topological polar surface area (TPSA) is 66.4 Å². The number of rotatable bonds is 6. The molecule has 0 aromatic heterocycles. The second-order valence-corrected chi connectivity index (χ2v) is 5.66. The summed E-state index contributed by atoms with van der Waals surface area (Å²) in [5.74, 6) is -0.764. The number of halogens is 1. The summed E-state index contributed by atoms with van der Waals surface area (Å²) < 4.78 is 0.575. The number of carboxylic acid groups (broad SMARTS) is 1. The maximum absolute atomic E-state index is 11.7. The summed E-state index contributed by atoms with van der Waals surface area (Å²) in [6.07, 6.45) is 5.17. The van der Waals surface area contributed by atoms with Crippen molar-refractivity contribution in [2.45, 2.75) is 44.6 Å². The average molecular weight is 304 g/mol. The van der Waals surface area contributed by atoms with Crippen LogP contribution >= 0.6 is 15.9 Å². The van der Waals surface area contributed by atoms with Crippen LogP contribution in [0, 0.1) is 5.92 Å². The van der Waals surface area contributed by atoms with Crippen LogP contribution in [0.3, 0.4) is 0 Å². The fraction of sp³-hybridized carbons (Fsp3) is 0.667. The van der Waals surface area contributed by atoms with Crippen LogP contribution < -0.4 is 5.32 Å². The van der Waals surface area contributed by atoms with Crippen molar-refractivity contribution in [3.8, 4) is 0 Å². The molecular formula is C12H18BrNO3. The lowest BCUT2D eigenvalue weighted by Gasteiger charge is -2.15. The summed E-state index contributed by atoms with van der Waals surface area (Å²) in [4.78, 5) is 22.6. The normalized spacial score (nSPS) is 17.7. The van der Waals surface area contributed by atoms with Gasteiger partial charge in [-0.05, 0) is 23.2 Å². The van der Waals surface area contributed by atoms with Crippen molar-refractivity contribution in [2.75, 3.05) is 0 Å². The molecule has 0 spiro atoms. The lowest BCUT2D eigenvalue weighted by atomic mass is 10.0. The van der Waals surface area contributed by atoms with Gasteiger partial charge in [-0.2, -0.15) is 0 Å². The largest absolute Gasteiger partial charge is 0.480 e. The van der Waals surface area contributed by atoms with Gasteiger partial charge in [-0.3, -0.25) is 4.79 Å². The molecule has 1 atom stereocenters. The zero-order valence-electron chi connectivity index (χ0n) is 9.75. The lowest BCUT2D eigenvalue weighted by molar-refractivity contribution is -0.141. The summed E-state index contributed by atoms with van der Waals surface area (Å²) in [6.45, 7) is 3.59. The highest BCUT2D eigenvalue weighted by atomic mass is 79.9. The van der Waals surface area contributed by atoms with Crippen LogP contribution in [0.1, 0.15) is 38.5 Å². The Morgan fingerprint density at radius 2 is 2.00 bits per heavy atom. The lowest BCUT2D eigenvalue weighted by Crippen LogP contribution is -2.41. The molecule has 2 N–H and O–H groups in total. The van der Waals surface area contributed by atoms with Crippen molar-refractivity contribution in [3.63, 3.8) is 0 Å². The fourth-order valence-electron chi connectivity index (χ4n) is 2.15. The van der Waals surface area contributed by atoms with E-state index in [0.29, 0.717) is 16.8 Å². The first-order chi connectivity index (χ1) is 7.99. The third-order valence-electron chi connectivity index (χ3n) is 3.01. The molecule has 1 aliphatic carbocycles. The van der Waals surface area contributed by atoms with E-state index in [1.54, 1.807) is 0 Å². The number of hydrogen-bond donors (Lipinski definition) is 2. The minimum atomic E-state index is -1.02. The molecule has 0 aliphatic heterocycles. The first-order valence-electron chi connectivity index (χ1n) is 5.84. The molecule has 1 amide bonds. The molecule has 0 aromatic carbocycles. The van der Waals surface area contributed by atoms with Crippen molar-refractivity contribution < 1.29 is 14.7 Å². The quantitative estimate of drug-likeness (QED) is 0.792. The fourth-order valence-corrected chi connectivity index (χ4v) is 2.48. The monoisotopic (exact) mass is 303 g/mol. The van der Waals surface area contributed by atoms with Gasteiger partial charge in [0.25, 0.3) is 0 Å². The van der Waals surface area contributed by atoms with E-state index in [2.05, 4.69) is 27.8 Å². The van der Waals surface area contributed by atoms with Crippen LogP contribution in [0.15, 0.2) is 11.1 Å². The SMILES string of the molecule is C=C(Br)C[C@H](NC(=O)CC1CCCC1)C(=O)O. The van der Waals surface area contributed by atoms with Gasteiger partial charge in [0.15, 0.2) is 0 Å². The maximum atomic E-state index is 11.7. The molecule has 96 valence electrons. The Balaban J connectivity index is 2.40. The molecule has 1 fully saturated rings. The van der Waals surface area contributed by atoms with Gasteiger partial charge in [-0.15, -0.1) is 0 Å². The van der Waals surface area contributed by atoms with Crippen LogP contribution in [0.5, 0.6) is 0 Å². The molecule has 0 radical (unpaired) electrons. The number of nitrogens with one attached hydrogen (secondary N) is 1. The van der Waals surface area contributed by atoms with E-state index in [0.717, 1.165) is 12.8 Å². The van der Waals surface area contributed by atoms with Crippen molar-refractivity contribution >= 4 is 27.8 Å². The molecule has 0 heterocycles. The summed E-state index contributed by atoms with van der Waals surface area (Å²) >= 11 is 3.11. The Hall–Kier alpha value is -0.840. The van der Waals surface area contributed by atoms with E-state index >= 15 is 0 Å². The van der Waals surface area contributed by atoms with Gasteiger partial charge in [-0.25, -0.2) is 4.79 Å². The predicted octanol–water partition coefficient (Wildman–Crippen LogP) is 2.43. The molecular weight excluding hydrogens is 286 g/mol. The van der Waals surface area contributed by atoms with Gasteiger partial charge >= 0.3 is 5.97 Å². The average Bonchev–Trinajstić information content (AvgIpc) is 2.68. The highest BCUT2D eigenvalue weighted by Gasteiger charge is 2.23. The molecule has 0 unspecified atom stereocenters. The van der Waals surface area contributed by atoms with E-state index in [1.165, 1.54) is 12.8 Å². The van der Waals surface area contributed by atoms with Gasteiger partial charge in [-0.1, -0.05) is 35.4 Å². The second-order valence-electron chi connectivity index (χ2n) is 4.53. The first kappa shape index (κ1) is 14.2. The second kappa shape index (κ2) is 6.79. The van der Waals surface area contributed by atoms with Gasteiger partial charge in [0.1, 0.15) is 6.04 Å². The standard InChI is InChI=1S/C12H18BrNO3/c1-8(13)6-10(12(16)17)14-11(15)7-9-4-2-3-5-9/h9-10H,1-7H2,(H,14,15)(H,16,17)/t10-/m0/s1.